The van der Waals surface area contributed by atoms with Crippen LogP contribution in [0.2, 0.25) is 0 Å². The van der Waals surface area contributed by atoms with Gasteiger partial charge in [0.05, 0.1) is 21.6 Å². The summed E-state index contributed by atoms with van der Waals surface area (Å²) >= 11 is 0. The molecule has 0 spiro atoms. The smallest absolute Gasteiger partial charge is 0.301 e. The van der Waals surface area contributed by atoms with Gasteiger partial charge in [-0.05, 0) is 18.1 Å². The molecule has 32 heavy (non-hydrogen) atoms. The third-order valence-electron chi connectivity index (χ3n) is 5.34. The fourth-order valence-electron chi connectivity index (χ4n) is 3.80. The Bertz CT molecular complexity index is 1150. The van der Waals surface area contributed by atoms with Crippen LogP contribution in [0.1, 0.15) is 23.5 Å². The van der Waals surface area contributed by atoms with Crippen molar-refractivity contribution in [2.75, 3.05) is 12.0 Å². The summed E-state index contributed by atoms with van der Waals surface area (Å²) in [5, 5.41) is 27.0. The van der Waals surface area contributed by atoms with E-state index < -0.39 is 15.5 Å². The number of nitrogens with zero attached hydrogens (tertiary/aromatic N) is 3. The minimum Gasteiger partial charge on any atom is -0.371 e. The predicted molar refractivity (Wildman–Crippen MR) is 120 cm³/mol. The van der Waals surface area contributed by atoms with Crippen LogP contribution in [-0.2, 0) is 4.74 Å². The lowest BCUT2D eigenvalue weighted by Gasteiger charge is -2.21. The standard InChI is InChI=1S/C23H20N4O5/c28-26(29)18-11-12-20(21(15-18)27(30)31)24-25-22(17-9-5-2-6-10-17)23-19(13-14-32-23)16-7-3-1-4-8-16/h1-12,15,19,23-24H,13-14H2/b25-22+. The van der Waals surface area contributed by atoms with Crippen molar-refractivity contribution in [2.24, 2.45) is 5.10 Å². The molecule has 9 nitrogen and oxygen atoms in total. The van der Waals surface area contributed by atoms with Gasteiger partial charge < -0.3 is 4.74 Å². The van der Waals surface area contributed by atoms with Crippen molar-refractivity contribution in [3.8, 4) is 0 Å². The molecule has 1 N–H and O–H groups in total. The largest absolute Gasteiger partial charge is 0.371 e. The molecule has 0 radical (unpaired) electrons. The summed E-state index contributed by atoms with van der Waals surface area (Å²) in [6.07, 6.45) is 0.461. The number of benzene rings is 3. The Kier molecular flexibility index (Phi) is 6.18. The molecular weight excluding hydrogens is 412 g/mol. The number of rotatable bonds is 7. The van der Waals surface area contributed by atoms with E-state index in [1.54, 1.807) is 0 Å². The van der Waals surface area contributed by atoms with Crippen molar-refractivity contribution in [3.05, 3.63) is 110 Å². The number of anilines is 1. The monoisotopic (exact) mass is 432 g/mol. The normalized spacial score (nSPS) is 18.3. The zero-order valence-electron chi connectivity index (χ0n) is 17.0. The van der Waals surface area contributed by atoms with Crippen LogP contribution in [0.15, 0.2) is 84.0 Å². The quantitative estimate of drug-likeness (QED) is 0.322. The molecule has 1 aliphatic rings. The first-order chi connectivity index (χ1) is 15.5. The first-order valence-corrected chi connectivity index (χ1v) is 10.0. The van der Waals surface area contributed by atoms with E-state index in [1.807, 2.05) is 60.7 Å². The highest BCUT2D eigenvalue weighted by Gasteiger charge is 2.34. The molecule has 4 rings (SSSR count). The molecule has 2 unspecified atom stereocenters. The van der Waals surface area contributed by atoms with Crippen molar-refractivity contribution in [3.63, 3.8) is 0 Å². The number of nitrogens with one attached hydrogen (secondary N) is 1. The predicted octanol–water partition coefficient (Wildman–Crippen LogP) is 4.89. The maximum absolute atomic E-state index is 11.5. The van der Waals surface area contributed by atoms with E-state index in [4.69, 9.17) is 4.74 Å². The molecule has 1 saturated heterocycles. The van der Waals surface area contributed by atoms with E-state index in [0.29, 0.717) is 12.3 Å². The molecule has 0 amide bonds. The Morgan fingerprint density at radius 1 is 0.938 bits per heavy atom. The minimum absolute atomic E-state index is 0.0586. The van der Waals surface area contributed by atoms with Gasteiger partial charge in [0, 0.05) is 24.2 Å². The number of non-ortho nitro benzene ring substituents is 1. The molecule has 1 fully saturated rings. The molecule has 1 heterocycles. The van der Waals surface area contributed by atoms with Crippen LogP contribution in [0, 0.1) is 20.2 Å². The van der Waals surface area contributed by atoms with Gasteiger partial charge in [0.2, 0.25) is 0 Å². The first kappa shape index (κ1) is 21.1. The SMILES string of the molecule is O=[N+]([O-])c1ccc(N/N=C(\c2ccccc2)C2OCCC2c2ccccc2)c([N+](=O)[O-])c1. The second-order valence-corrected chi connectivity index (χ2v) is 7.29. The molecule has 0 saturated carbocycles. The highest BCUT2D eigenvalue weighted by Crippen LogP contribution is 2.34. The highest BCUT2D eigenvalue weighted by molar-refractivity contribution is 6.05. The van der Waals surface area contributed by atoms with E-state index in [9.17, 15) is 20.2 Å². The Morgan fingerprint density at radius 2 is 1.62 bits per heavy atom. The summed E-state index contributed by atoms with van der Waals surface area (Å²) in [7, 11) is 0. The molecule has 2 atom stereocenters. The van der Waals surface area contributed by atoms with Gasteiger partial charge in [-0.2, -0.15) is 5.10 Å². The summed E-state index contributed by atoms with van der Waals surface area (Å²) < 4.78 is 6.06. The summed E-state index contributed by atoms with van der Waals surface area (Å²) in [6.45, 7) is 0.563. The van der Waals surface area contributed by atoms with Crippen molar-refractivity contribution in [1.82, 2.24) is 0 Å². The fraction of sp³-hybridized carbons (Fsp3) is 0.174. The van der Waals surface area contributed by atoms with Gasteiger partial charge in [-0.3, -0.25) is 25.7 Å². The van der Waals surface area contributed by atoms with Crippen molar-refractivity contribution >= 4 is 22.8 Å². The van der Waals surface area contributed by atoms with Gasteiger partial charge in [0.1, 0.15) is 11.8 Å². The van der Waals surface area contributed by atoms with Crippen LogP contribution in [0.3, 0.4) is 0 Å². The number of nitro benzene ring substituents is 2. The third-order valence-corrected chi connectivity index (χ3v) is 5.34. The third kappa shape index (κ3) is 4.47. The van der Waals surface area contributed by atoms with Crippen molar-refractivity contribution in [2.45, 2.75) is 18.4 Å². The zero-order valence-corrected chi connectivity index (χ0v) is 17.0. The van der Waals surface area contributed by atoms with Gasteiger partial charge in [-0.25, -0.2) is 0 Å². The van der Waals surface area contributed by atoms with Crippen LogP contribution >= 0.6 is 0 Å². The molecule has 9 heteroatoms. The van der Waals surface area contributed by atoms with Gasteiger partial charge in [0.15, 0.2) is 0 Å². The lowest BCUT2D eigenvalue weighted by molar-refractivity contribution is -0.393. The van der Waals surface area contributed by atoms with E-state index in [0.717, 1.165) is 23.6 Å². The number of hydrazone groups is 1. The summed E-state index contributed by atoms with van der Waals surface area (Å²) in [4.78, 5) is 21.1. The summed E-state index contributed by atoms with van der Waals surface area (Å²) in [5.74, 6) is 0.0730. The topological polar surface area (TPSA) is 120 Å². The number of hydrogen-bond donors (Lipinski definition) is 1. The maximum Gasteiger partial charge on any atom is 0.301 e. The van der Waals surface area contributed by atoms with E-state index in [-0.39, 0.29) is 23.4 Å². The maximum atomic E-state index is 11.5. The summed E-state index contributed by atoms with van der Waals surface area (Å²) in [6, 6.07) is 22.8. The molecule has 162 valence electrons. The number of nitro groups is 2. The molecule has 1 aliphatic heterocycles. The number of hydrogen-bond acceptors (Lipinski definition) is 7. The molecule has 3 aromatic rings. The fourth-order valence-corrected chi connectivity index (χ4v) is 3.80. The van der Waals surface area contributed by atoms with Crippen LogP contribution in [0.25, 0.3) is 0 Å². The Balaban J connectivity index is 1.72. The van der Waals surface area contributed by atoms with Gasteiger partial charge in [-0.15, -0.1) is 0 Å². The van der Waals surface area contributed by atoms with E-state index in [1.165, 1.54) is 12.1 Å². The minimum atomic E-state index is -0.675. The Labute approximate surface area is 183 Å². The lowest BCUT2D eigenvalue weighted by atomic mass is 9.88. The average molecular weight is 432 g/mol. The van der Waals surface area contributed by atoms with Gasteiger partial charge in [-0.1, -0.05) is 60.7 Å². The van der Waals surface area contributed by atoms with Crippen LogP contribution in [-0.4, -0.2) is 28.3 Å². The molecule has 3 aromatic carbocycles. The van der Waals surface area contributed by atoms with Gasteiger partial charge in [0.25, 0.3) is 5.69 Å². The zero-order chi connectivity index (χ0) is 22.5. The van der Waals surface area contributed by atoms with Crippen LogP contribution in [0.5, 0.6) is 0 Å². The molecule has 0 aliphatic carbocycles. The lowest BCUT2D eigenvalue weighted by Crippen LogP contribution is -2.27. The average Bonchev–Trinajstić information content (AvgIpc) is 3.30. The molecular formula is C23H20N4O5. The number of ether oxygens (including phenoxy) is 1. The highest BCUT2D eigenvalue weighted by atomic mass is 16.6. The van der Waals surface area contributed by atoms with Gasteiger partial charge >= 0.3 is 5.69 Å². The summed E-state index contributed by atoms with van der Waals surface area (Å²) in [5.41, 5.74) is 4.56. The van der Waals surface area contributed by atoms with Crippen molar-refractivity contribution < 1.29 is 14.6 Å². The Hall–Kier alpha value is -4.11. The second-order valence-electron chi connectivity index (χ2n) is 7.29. The molecule has 0 aromatic heterocycles. The van der Waals surface area contributed by atoms with E-state index >= 15 is 0 Å². The first-order valence-electron chi connectivity index (χ1n) is 10.0. The van der Waals surface area contributed by atoms with Crippen LogP contribution < -0.4 is 5.43 Å². The van der Waals surface area contributed by atoms with E-state index in [2.05, 4.69) is 10.5 Å². The van der Waals surface area contributed by atoms with Crippen LogP contribution in [0.4, 0.5) is 17.1 Å². The van der Waals surface area contributed by atoms with Crippen molar-refractivity contribution in [1.29, 1.82) is 0 Å². The Morgan fingerprint density at radius 3 is 2.28 bits per heavy atom. The molecule has 0 bridgehead atoms. The second kappa shape index (κ2) is 9.36.